The minimum Gasteiger partial charge on any atom is -0.301 e. The van der Waals surface area contributed by atoms with Crippen LogP contribution >= 0.6 is 22.9 Å². The number of thiazole rings is 1. The third-order valence-corrected chi connectivity index (χ3v) is 5.00. The molecule has 2 aromatic carbocycles. The van der Waals surface area contributed by atoms with Crippen molar-refractivity contribution in [1.29, 1.82) is 0 Å². The van der Waals surface area contributed by atoms with E-state index in [9.17, 15) is 4.79 Å². The van der Waals surface area contributed by atoms with E-state index in [1.54, 1.807) is 0 Å². The zero-order valence-electron chi connectivity index (χ0n) is 13.5. The maximum Gasteiger partial charge on any atom is 0.240 e. The van der Waals surface area contributed by atoms with Crippen LogP contribution in [0.25, 0.3) is 10.2 Å². The van der Waals surface area contributed by atoms with Crippen LogP contribution in [0.2, 0.25) is 5.02 Å². The lowest BCUT2D eigenvalue weighted by molar-refractivity contribution is -0.115. The highest BCUT2D eigenvalue weighted by molar-refractivity contribution is 7.22. The summed E-state index contributed by atoms with van der Waals surface area (Å²) in [6.45, 7) is 4.26. The van der Waals surface area contributed by atoms with Crippen molar-refractivity contribution in [2.24, 2.45) is 0 Å². The minimum atomic E-state index is -0.338. The van der Waals surface area contributed by atoms with Crippen molar-refractivity contribution >= 4 is 44.2 Å². The second kappa shape index (κ2) is 6.89. The lowest BCUT2D eigenvalue weighted by Gasteiger charge is -2.26. The number of aromatic nitrogens is 1. The van der Waals surface area contributed by atoms with Gasteiger partial charge in [0.1, 0.15) is 0 Å². The Bertz CT molecular complexity index is 825. The van der Waals surface area contributed by atoms with E-state index in [0.29, 0.717) is 10.2 Å². The molecule has 0 unspecified atom stereocenters. The summed E-state index contributed by atoms with van der Waals surface area (Å²) < 4.78 is 1.06. The van der Waals surface area contributed by atoms with Crippen LogP contribution in [-0.2, 0) is 10.3 Å². The van der Waals surface area contributed by atoms with Gasteiger partial charge in [0, 0.05) is 10.6 Å². The third-order valence-electron chi connectivity index (χ3n) is 3.80. The van der Waals surface area contributed by atoms with E-state index in [1.165, 1.54) is 11.3 Å². The summed E-state index contributed by atoms with van der Waals surface area (Å²) in [7, 11) is 0. The fraction of sp³-hybridized carbons (Fsp3) is 0.222. The van der Waals surface area contributed by atoms with E-state index >= 15 is 0 Å². The molecule has 0 aliphatic heterocycles. The summed E-state index contributed by atoms with van der Waals surface area (Å²) in [5, 5.41) is 7.43. The van der Waals surface area contributed by atoms with Gasteiger partial charge in [0.15, 0.2) is 5.13 Å². The molecule has 0 saturated heterocycles. The molecular weight excluding hydrogens is 342 g/mol. The molecule has 1 aromatic heterocycles. The van der Waals surface area contributed by atoms with Crippen LogP contribution in [0.15, 0.2) is 48.5 Å². The topological polar surface area (TPSA) is 54.0 Å². The number of benzene rings is 2. The van der Waals surface area contributed by atoms with Gasteiger partial charge >= 0.3 is 0 Å². The van der Waals surface area contributed by atoms with E-state index < -0.39 is 0 Å². The van der Waals surface area contributed by atoms with Gasteiger partial charge in [-0.15, -0.1) is 0 Å². The maximum atomic E-state index is 12.2. The van der Waals surface area contributed by atoms with Crippen molar-refractivity contribution in [2.45, 2.75) is 19.4 Å². The number of amides is 1. The van der Waals surface area contributed by atoms with E-state index in [1.807, 2.05) is 62.4 Å². The molecule has 24 heavy (non-hydrogen) atoms. The highest BCUT2D eigenvalue weighted by Gasteiger charge is 2.21. The minimum absolute atomic E-state index is 0.115. The van der Waals surface area contributed by atoms with Gasteiger partial charge in [-0.3, -0.25) is 10.1 Å². The summed E-state index contributed by atoms with van der Waals surface area (Å²) >= 11 is 7.39. The fourth-order valence-corrected chi connectivity index (χ4v) is 3.37. The highest BCUT2D eigenvalue weighted by atomic mass is 35.5. The van der Waals surface area contributed by atoms with Crippen LogP contribution in [0.1, 0.15) is 19.4 Å². The quantitative estimate of drug-likeness (QED) is 0.709. The van der Waals surface area contributed by atoms with E-state index in [-0.39, 0.29) is 18.0 Å². The molecule has 0 aliphatic rings. The third kappa shape index (κ3) is 3.93. The van der Waals surface area contributed by atoms with Crippen molar-refractivity contribution < 1.29 is 4.79 Å². The first-order valence-electron chi connectivity index (χ1n) is 7.60. The second-order valence-electron chi connectivity index (χ2n) is 6.02. The number of carbonyl (C=O) groups is 1. The van der Waals surface area contributed by atoms with Crippen LogP contribution in [0.4, 0.5) is 5.13 Å². The van der Waals surface area contributed by atoms with Gasteiger partial charge in [-0.25, -0.2) is 4.98 Å². The van der Waals surface area contributed by atoms with Crippen molar-refractivity contribution in [3.05, 3.63) is 59.1 Å². The lowest BCUT2D eigenvalue weighted by Crippen LogP contribution is -2.41. The maximum absolute atomic E-state index is 12.2. The Morgan fingerprint density at radius 3 is 2.58 bits per heavy atom. The van der Waals surface area contributed by atoms with E-state index in [2.05, 4.69) is 15.6 Å². The molecule has 0 bridgehead atoms. The SMILES string of the molecule is CC(C)(NCC(=O)Nc1nc2ccccc2s1)c1ccc(Cl)cc1. The molecule has 3 aromatic rings. The number of hydrogen-bond acceptors (Lipinski definition) is 4. The van der Waals surface area contributed by atoms with Crippen molar-refractivity contribution in [3.8, 4) is 0 Å². The van der Waals surface area contributed by atoms with Gasteiger partial charge in [-0.05, 0) is 43.7 Å². The summed E-state index contributed by atoms with van der Waals surface area (Å²) in [4.78, 5) is 16.6. The predicted octanol–water partition coefficient (Wildman–Crippen LogP) is 4.41. The molecule has 0 spiro atoms. The summed E-state index contributed by atoms with van der Waals surface area (Å²) in [6.07, 6.45) is 0. The normalized spacial score (nSPS) is 11.6. The molecule has 124 valence electrons. The number of halogens is 1. The van der Waals surface area contributed by atoms with E-state index in [4.69, 9.17) is 11.6 Å². The average molecular weight is 360 g/mol. The van der Waals surface area contributed by atoms with Gasteiger partial charge in [-0.1, -0.05) is 47.2 Å². The molecule has 1 heterocycles. The Morgan fingerprint density at radius 2 is 1.88 bits per heavy atom. The molecular formula is C18H18ClN3OS. The smallest absolute Gasteiger partial charge is 0.240 e. The lowest BCUT2D eigenvalue weighted by atomic mass is 9.94. The number of anilines is 1. The molecule has 0 aliphatic carbocycles. The fourth-order valence-electron chi connectivity index (χ4n) is 2.36. The van der Waals surface area contributed by atoms with Crippen LogP contribution in [0, 0.1) is 0 Å². The Labute approximate surface area is 149 Å². The zero-order valence-corrected chi connectivity index (χ0v) is 15.0. The number of nitrogens with one attached hydrogen (secondary N) is 2. The molecule has 3 rings (SSSR count). The van der Waals surface area contributed by atoms with Gasteiger partial charge < -0.3 is 5.32 Å². The molecule has 0 saturated carbocycles. The number of carbonyl (C=O) groups excluding carboxylic acids is 1. The summed E-state index contributed by atoms with van der Waals surface area (Å²) in [6, 6.07) is 15.4. The average Bonchev–Trinajstić information content (AvgIpc) is 2.95. The Balaban J connectivity index is 1.61. The van der Waals surface area contributed by atoms with Gasteiger partial charge in [-0.2, -0.15) is 0 Å². The van der Waals surface area contributed by atoms with Crippen LogP contribution in [0.5, 0.6) is 0 Å². The number of fused-ring (bicyclic) bond motifs is 1. The van der Waals surface area contributed by atoms with Crippen LogP contribution in [0.3, 0.4) is 0 Å². The van der Waals surface area contributed by atoms with E-state index in [0.717, 1.165) is 15.8 Å². The zero-order chi connectivity index (χ0) is 17.2. The standard InChI is InChI=1S/C18H18ClN3OS/c1-18(2,12-7-9-13(19)10-8-12)20-11-16(23)22-17-21-14-5-3-4-6-15(14)24-17/h3-10,20H,11H2,1-2H3,(H,21,22,23). The summed E-state index contributed by atoms with van der Waals surface area (Å²) in [5.74, 6) is -0.115. The number of rotatable bonds is 5. The second-order valence-corrected chi connectivity index (χ2v) is 7.49. The largest absolute Gasteiger partial charge is 0.301 e. The first-order valence-corrected chi connectivity index (χ1v) is 8.80. The molecule has 2 N–H and O–H groups in total. The number of nitrogens with zero attached hydrogens (tertiary/aromatic N) is 1. The predicted molar refractivity (Wildman–Crippen MR) is 101 cm³/mol. The molecule has 4 nitrogen and oxygen atoms in total. The van der Waals surface area contributed by atoms with Crippen molar-refractivity contribution in [1.82, 2.24) is 10.3 Å². The number of para-hydroxylation sites is 1. The Morgan fingerprint density at radius 1 is 1.17 bits per heavy atom. The monoisotopic (exact) mass is 359 g/mol. The highest BCUT2D eigenvalue weighted by Crippen LogP contribution is 2.25. The van der Waals surface area contributed by atoms with Crippen molar-refractivity contribution in [2.75, 3.05) is 11.9 Å². The van der Waals surface area contributed by atoms with Gasteiger partial charge in [0.2, 0.25) is 5.91 Å². The van der Waals surface area contributed by atoms with Crippen LogP contribution in [-0.4, -0.2) is 17.4 Å². The molecule has 1 amide bonds. The molecule has 0 radical (unpaired) electrons. The Hall–Kier alpha value is -1.95. The number of hydrogen-bond donors (Lipinski definition) is 2. The first kappa shape index (κ1) is 16.9. The van der Waals surface area contributed by atoms with Gasteiger partial charge in [0.25, 0.3) is 0 Å². The summed E-state index contributed by atoms with van der Waals surface area (Å²) in [5.41, 5.74) is 1.63. The molecule has 6 heteroatoms. The van der Waals surface area contributed by atoms with Crippen LogP contribution < -0.4 is 10.6 Å². The molecule has 0 fully saturated rings. The molecule has 0 atom stereocenters. The first-order chi connectivity index (χ1) is 11.4. The van der Waals surface area contributed by atoms with Crippen molar-refractivity contribution in [3.63, 3.8) is 0 Å². The Kier molecular flexibility index (Phi) is 4.85. The van der Waals surface area contributed by atoms with Gasteiger partial charge in [0.05, 0.1) is 16.8 Å².